The van der Waals surface area contributed by atoms with Gasteiger partial charge in [0.25, 0.3) is 0 Å². The van der Waals surface area contributed by atoms with Crippen molar-refractivity contribution in [3.8, 4) is 0 Å². The Labute approximate surface area is 139 Å². The molecule has 2 saturated heterocycles. The minimum Gasteiger partial charge on any atom is -0.350 e. The molecule has 3 unspecified atom stereocenters. The van der Waals surface area contributed by atoms with Crippen LogP contribution in [0.15, 0.2) is 0 Å². The van der Waals surface area contributed by atoms with Gasteiger partial charge in [0.05, 0.1) is 4.87 Å². The van der Waals surface area contributed by atoms with E-state index in [1.54, 1.807) is 11.8 Å². The lowest BCUT2D eigenvalue weighted by Gasteiger charge is -2.31. The molecule has 23 heavy (non-hydrogen) atoms. The lowest BCUT2D eigenvalue weighted by Crippen LogP contribution is -2.53. The highest BCUT2D eigenvalue weighted by molar-refractivity contribution is 8.01. The number of thioether (sulfide) groups is 1. The number of amides is 2. The number of aryl methyl sites for hydroxylation is 2. The molecule has 3 aliphatic rings. The highest BCUT2D eigenvalue weighted by atomic mass is 32.2. The second kappa shape index (κ2) is 5.22. The molecule has 0 aromatic carbocycles. The van der Waals surface area contributed by atoms with Crippen LogP contribution in [0.5, 0.6) is 0 Å². The Morgan fingerprint density at radius 2 is 2.22 bits per heavy atom. The van der Waals surface area contributed by atoms with E-state index in [0.717, 1.165) is 30.9 Å². The molecule has 1 N–H and O–H groups in total. The van der Waals surface area contributed by atoms with Gasteiger partial charge in [-0.3, -0.25) is 9.59 Å². The maximum Gasteiger partial charge on any atom is 0.243 e. The van der Waals surface area contributed by atoms with E-state index in [4.69, 9.17) is 0 Å². The molecule has 7 nitrogen and oxygen atoms in total. The number of carbonyl (C=O) groups excluding carboxylic acids is 2. The maximum absolute atomic E-state index is 12.7. The van der Waals surface area contributed by atoms with Crippen LogP contribution in [0.25, 0.3) is 0 Å². The zero-order chi connectivity index (χ0) is 16.2. The SMILES string of the molecule is Cc1nnc2n1CC(NC(=O)C1CSC3(C)CCC(=O)N13)CC2. The van der Waals surface area contributed by atoms with Crippen LogP contribution in [-0.2, 0) is 22.6 Å². The summed E-state index contributed by atoms with van der Waals surface area (Å²) in [7, 11) is 0. The monoisotopic (exact) mass is 335 g/mol. The Kier molecular flexibility index (Phi) is 3.40. The predicted molar refractivity (Wildman–Crippen MR) is 85.7 cm³/mol. The Bertz CT molecular complexity index is 675. The highest BCUT2D eigenvalue weighted by Crippen LogP contribution is 2.47. The van der Waals surface area contributed by atoms with Crippen LogP contribution in [0.1, 0.15) is 37.8 Å². The summed E-state index contributed by atoms with van der Waals surface area (Å²) in [6.45, 7) is 4.72. The van der Waals surface area contributed by atoms with Crippen LogP contribution >= 0.6 is 11.8 Å². The summed E-state index contributed by atoms with van der Waals surface area (Å²) in [5, 5.41) is 11.4. The number of nitrogens with zero attached hydrogens (tertiary/aromatic N) is 4. The van der Waals surface area contributed by atoms with Crippen molar-refractivity contribution in [2.75, 3.05) is 5.75 Å². The van der Waals surface area contributed by atoms with Crippen LogP contribution in [-0.4, -0.2) is 54.2 Å². The molecule has 0 saturated carbocycles. The third-order valence-corrected chi connectivity index (χ3v) is 6.73. The third kappa shape index (κ3) is 2.34. The van der Waals surface area contributed by atoms with Gasteiger partial charge in [-0.25, -0.2) is 0 Å². The fourth-order valence-electron chi connectivity index (χ4n) is 3.89. The van der Waals surface area contributed by atoms with E-state index >= 15 is 0 Å². The average molecular weight is 335 g/mol. The number of aromatic nitrogens is 3. The number of rotatable bonds is 2. The van der Waals surface area contributed by atoms with Crippen LogP contribution in [0, 0.1) is 6.92 Å². The predicted octanol–water partition coefficient (Wildman–Crippen LogP) is 0.472. The van der Waals surface area contributed by atoms with Gasteiger partial charge in [-0.1, -0.05) is 0 Å². The number of nitrogens with one attached hydrogen (secondary N) is 1. The van der Waals surface area contributed by atoms with Crippen molar-refractivity contribution in [2.24, 2.45) is 0 Å². The molecule has 2 fully saturated rings. The zero-order valence-electron chi connectivity index (χ0n) is 13.4. The molecular formula is C15H21N5O2S. The summed E-state index contributed by atoms with van der Waals surface area (Å²) >= 11 is 1.73. The van der Waals surface area contributed by atoms with Crippen molar-refractivity contribution in [1.82, 2.24) is 25.0 Å². The second-order valence-electron chi connectivity index (χ2n) is 6.78. The first-order chi connectivity index (χ1) is 11.0. The fraction of sp³-hybridized carbons (Fsp3) is 0.733. The lowest BCUT2D eigenvalue weighted by molar-refractivity contribution is -0.138. The van der Waals surface area contributed by atoms with E-state index in [1.807, 2.05) is 11.8 Å². The van der Waals surface area contributed by atoms with Gasteiger partial charge in [0.15, 0.2) is 0 Å². The normalized spacial score (nSPS) is 32.8. The summed E-state index contributed by atoms with van der Waals surface area (Å²) in [6, 6.07) is -0.248. The van der Waals surface area contributed by atoms with Gasteiger partial charge < -0.3 is 14.8 Å². The molecule has 8 heteroatoms. The van der Waals surface area contributed by atoms with Crippen LogP contribution in [0.2, 0.25) is 0 Å². The van der Waals surface area contributed by atoms with Crippen molar-refractivity contribution in [2.45, 2.75) is 63.0 Å². The third-order valence-electron chi connectivity index (χ3n) is 5.23. The molecule has 2 amide bonds. The molecule has 4 rings (SSSR count). The summed E-state index contributed by atoms with van der Waals surface area (Å²) in [4.78, 5) is 26.5. The molecule has 3 atom stereocenters. The molecule has 3 aliphatic heterocycles. The highest BCUT2D eigenvalue weighted by Gasteiger charge is 2.53. The van der Waals surface area contributed by atoms with E-state index in [0.29, 0.717) is 18.7 Å². The van der Waals surface area contributed by atoms with E-state index in [9.17, 15) is 9.59 Å². The van der Waals surface area contributed by atoms with E-state index in [1.165, 1.54) is 0 Å². The second-order valence-corrected chi connectivity index (χ2v) is 8.29. The summed E-state index contributed by atoms with van der Waals surface area (Å²) in [5.41, 5.74) is 0. The van der Waals surface area contributed by atoms with E-state index < -0.39 is 0 Å². The van der Waals surface area contributed by atoms with Gasteiger partial charge in [0.2, 0.25) is 11.8 Å². The van der Waals surface area contributed by atoms with E-state index in [2.05, 4.69) is 27.0 Å². The first-order valence-corrected chi connectivity index (χ1v) is 9.12. The molecule has 1 aromatic heterocycles. The summed E-state index contributed by atoms with van der Waals surface area (Å²) in [6.07, 6.45) is 3.09. The number of hydrogen-bond donors (Lipinski definition) is 1. The number of hydrogen-bond acceptors (Lipinski definition) is 5. The zero-order valence-corrected chi connectivity index (χ0v) is 14.2. The average Bonchev–Trinajstić information content (AvgIpc) is 3.14. The molecule has 0 spiro atoms. The Morgan fingerprint density at radius 3 is 3.04 bits per heavy atom. The summed E-state index contributed by atoms with van der Waals surface area (Å²) in [5.74, 6) is 2.66. The lowest BCUT2D eigenvalue weighted by atomic mass is 10.1. The molecular weight excluding hydrogens is 314 g/mol. The van der Waals surface area contributed by atoms with Crippen molar-refractivity contribution in [3.05, 3.63) is 11.6 Å². The van der Waals surface area contributed by atoms with Gasteiger partial charge in [-0.15, -0.1) is 22.0 Å². The largest absolute Gasteiger partial charge is 0.350 e. The quantitative estimate of drug-likeness (QED) is 0.850. The van der Waals surface area contributed by atoms with Crippen molar-refractivity contribution in [3.63, 3.8) is 0 Å². The smallest absolute Gasteiger partial charge is 0.243 e. The van der Waals surface area contributed by atoms with Crippen LogP contribution in [0.3, 0.4) is 0 Å². The Morgan fingerprint density at radius 1 is 1.39 bits per heavy atom. The minimum absolute atomic E-state index is 0.0179. The first-order valence-electron chi connectivity index (χ1n) is 8.13. The van der Waals surface area contributed by atoms with Crippen molar-refractivity contribution >= 4 is 23.6 Å². The van der Waals surface area contributed by atoms with Crippen LogP contribution in [0.4, 0.5) is 0 Å². The van der Waals surface area contributed by atoms with Crippen molar-refractivity contribution < 1.29 is 9.59 Å². The molecule has 0 radical (unpaired) electrons. The molecule has 0 bridgehead atoms. The Balaban J connectivity index is 1.45. The van der Waals surface area contributed by atoms with Crippen LogP contribution < -0.4 is 5.32 Å². The van der Waals surface area contributed by atoms with Gasteiger partial charge in [0, 0.05) is 31.2 Å². The molecule has 1 aromatic rings. The van der Waals surface area contributed by atoms with Gasteiger partial charge >= 0.3 is 0 Å². The Hall–Kier alpha value is -1.57. The first kappa shape index (κ1) is 15.0. The number of fused-ring (bicyclic) bond motifs is 2. The maximum atomic E-state index is 12.7. The fourth-order valence-corrected chi connectivity index (χ4v) is 5.32. The van der Waals surface area contributed by atoms with Gasteiger partial charge in [-0.2, -0.15) is 0 Å². The molecule has 0 aliphatic carbocycles. The molecule has 124 valence electrons. The topological polar surface area (TPSA) is 80.1 Å². The number of carbonyl (C=O) groups is 2. The van der Waals surface area contributed by atoms with Crippen molar-refractivity contribution in [1.29, 1.82) is 0 Å². The van der Waals surface area contributed by atoms with Gasteiger partial charge in [0.1, 0.15) is 17.7 Å². The van der Waals surface area contributed by atoms with Gasteiger partial charge in [-0.05, 0) is 26.7 Å². The summed E-state index contributed by atoms with van der Waals surface area (Å²) < 4.78 is 2.07. The standard InChI is InChI=1S/C15H21N5O2S/c1-9-17-18-12-4-3-10(7-19(9)12)16-14(22)11-8-23-15(2)6-5-13(21)20(11)15/h10-11H,3-8H2,1-2H3,(H,16,22). The minimum atomic E-state index is -0.330. The van der Waals surface area contributed by atoms with E-state index in [-0.39, 0.29) is 28.8 Å². The molecule has 4 heterocycles.